The summed E-state index contributed by atoms with van der Waals surface area (Å²) in [4.78, 5) is 12.6. The highest BCUT2D eigenvalue weighted by Crippen LogP contribution is 2.31. The summed E-state index contributed by atoms with van der Waals surface area (Å²) in [6.45, 7) is 3.54. The van der Waals surface area contributed by atoms with Gasteiger partial charge < -0.3 is 20.5 Å². The van der Waals surface area contributed by atoms with Crippen molar-refractivity contribution in [2.24, 2.45) is 5.73 Å². The molecule has 0 aromatic heterocycles. The lowest BCUT2D eigenvalue weighted by Crippen LogP contribution is -2.40. The lowest BCUT2D eigenvalue weighted by Gasteiger charge is -2.19. The normalized spacial score (nSPS) is 15.0. The third-order valence-electron chi connectivity index (χ3n) is 3.85. The maximum absolute atomic E-state index is 12.4. The Hall–Kier alpha value is -1.31. The van der Waals surface area contributed by atoms with Crippen molar-refractivity contribution in [3.63, 3.8) is 0 Å². The lowest BCUT2D eigenvalue weighted by atomic mass is 10.1. The maximum Gasteiger partial charge on any atom is 0.221 e. The number of rotatable bonds is 9. The zero-order valence-corrected chi connectivity index (χ0v) is 16.1. The van der Waals surface area contributed by atoms with Crippen molar-refractivity contribution in [3.8, 4) is 11.5 Å². The van der Waals surface area contributed by atoms with Crippen molar-refractivity contribution in [3.05, 3.63) is 18.2 Å². The molecule has 0 radical (unpaired) electrons. The van der Waals surface area contributed by atoms with Crippen molar-refractivity contribution in [1.29, 1.82) is 0 Å². The molecule has 1 amide bonds. The minimum absolute atomic E-state index is 0. The van der Waals surface area contributed by atoms with E-state index in [0.29, 0.717) is 36.2 Å². The van der Waals surface area contributed by atoms with Gasteiger partial charge in [-0.3, -0.25) is 9.00 Å². The third kappa shape index (κ3) is 6.84. The van der Waals surface area contributed by atoms with E-state index in [1.165, 1.54) is 0 Å². The molecule has 8 heteroatoms. The number of carbonyl (C=O) groups is 1. The average Bonchev–Trinajstić information content (AvgIpc) is 2.62. The molecule has 2 unspecified atom stereocenters. The molecular weight excluding hydrogens is 364 g/mol. The Kier molecular flexibility index (Phi) is 9.85. The van der Waals surface area contributed by atoms with E-state index >= 15 is 0 Å². The van der Waals surface area contributed by atoms with E-state index < -0.39 is 10.8 Å². The first-order valence-corrected chi connectivity index (χ1v) is 9.73. The van der Waals surface area contributed by atoms with Gasteiger partial charge in [0.25, 0.3) is 0 Å². The van der Waals surface area contributed by atoms with E-state index in [1.807, 2.05) is 0 Å². The van der Waals surface area contributed by atoms with Gasteiger partial charge in [0.1, 0.15) is 13.2 Å². The van der Waals surface area contributed by atoms with Crippen molar-refractivity contribution in [1.82, 2.24) is 5.32 Å². The Morgan fingerprint density at radius 2 is 2.04 bits per heavy atom. The number of nitrogens with two attached hydrogens (primary N) is 1. The minimum atomic E-state index is -1.25. The summed E-state index contributed by atoms with van der Waals surface area (Å²) in [5.74, 6) is 1.45. The van der Waals surface area contributed by atoms with Crippen LogP contribution in [-0.4, -0.2) is 41.7 Å². The molecule has 142 valence electrons. The molecule has 0 spiro atoms. The van der Waals surface area contributed by atoms with E-state index in [2.05, 4.69) is 12.2 Å². The number of hydrogen-bond donors (Lipinski definition) is 2. The predicted octanol–water partition coefficient (Wildman–Crippen LogP) is 2.01. The zero-order chi connectivity index (χ0) is 17.4. The lowest BCUT2D eigenvalue weighted by molar-refractivity contribution is -0.121. The van der Waals surface area contributed by atoms with Crippen LogP contribution < -0.4 is 20.5 Å². The van der Waals surface area contributed by atoms with Crippen LogP contribution in [0.25, 0.3) is 0 Å². The highest BCUT2D eigenvalue weighted by Gasteiger charge is 2.16. The van der Waals surface area contributed by atoms with Gasteiger partial charge in [-0.05, 0) is 18.6 Å². The number of fused-ring (bicyclic) bond motifs is 1. The molecule has 0 saturated heterocycles. The Bertz CT molecular complexity index is 586. The molecule has 0 bridgehead atoms. The van der Waals surface area contributed by atoms with Crippen molar-refractivity contribution >= 4 is 29.1 Å². The van der Waals surface area contributed by atoms with Gasteiger partial charge in [0, 0.05) is 35.7 Å². The number of amides is 1. The quantitative estimate of drug-likeness (QED) is 0.673. The monoisotopic (exact) mass is 390 g/mol. The Labute approximate surface area is 157 Å². The SMILES string of the molecule is CCCCC(CN)NC(=O)CCS(=O)c1ccc2c(c1)OCCO2.Cl. The van der Waals surface area contributed by atoms with E-state index in [-0.39, 0.29) is 36.5 Å². The predicted molar refractivity (Wildman–Crippen MR) is 101 cm³/mol. The summed E-state index contributed by atoms with van der Waals surface area (Å²) >= 11 is 0. The van der Waals surface area contributed by atoms with Crippen molar-refractivity contribution in [2.45, 2.75) is 43.5 Å². The second kappa shape index (κ2) is 11.3. The summed E-state index contributed by atoms with van der Waals surface area (Å²) in [6, 6.07) is 5.25. The van der Waals surface area contributed by atoms with E-state index in [1.54, 1.807) is 18.2 Å². The number of benzene rings is 1. The Balaban J connectivity index is 0.00000312. The molecule has 0 fully saturated rings. The summed E-state index contributed by atoms with van der Waals surface area (Å²) < 4.78 is 23.3. The van der Waals surface area contributed by atoms with Gasteiger partial charge in [0.15, 0.2) is 11.5 Å². The minimum Gasteiger partial charge on any atom is -0.486 e. The molecule has 0 aliphatic carbocycles. The second-order valence-corrected chi connectivity index (χ2v) is 7.32. The van der Waals surface area contributed by atoms with Crippen LogP contribution in [0.3, 0.4) is 0 Å². The van der Waals surface area contributed by atoms with E-state index in [0.717, 1.165) is 19.3 Å². The number of nitrogens with one attached hydrogen (secondary N) is 1. The molecule has 1 aliphatic heterocycles. The Morgan fingerprint density at radius 1 is 1.32 bits per heavy atom. The summed E-state index contributed by atoms with van der Waals surface area (Å²) in [6.07, 6.45) is 3.19. The second-order valence-electron chi connectivity index (χ2n) is 5.75. The number of carbonyl (C=O) groups excluding carboxylic acids is 1. The largest absolute Gasteiger partial charge is 0.486 e. The average molecular weight is 391 g/mol. The van der Waals surface area contributed by atoms with Crippen LogP contribution in [0, 0.1) is 0 Å². The molecule has 25 heavy (non-hydrogen) atoms. The molecule has 0 saturated carbocycles. The highest BCUT2D eigenvalue weighted by molar-refractivity contribution is 7.85. The van der Waals surface area contributed by atoms with Gasteiger partial charge in [-0.1, -0.05) is 19.8 Å². The molecule has 1 aromatic carbocycles. The van der Waals surface area contributed by atoms with Crippen LogP contribution in [0.1, 0.15) is 32.6 Å². The molecular formula is C17H27ClN2O4S. The fourth-order valence-electron chi connectivity index (χ4n) is 2.47. The molecule has 2 atom stereocenters. The summed E-state index contributed by atoms with van der Waals surface area (Å²) in [5.41, 5.74) is 5.67. The molecule has 2 rings (SSSR count). The van der Waals surface area contributed by atoms with Crippen LogP contribution in [0.2, 0.25) is 0 Å². The smallest absolute Gasteiger partial charge is 0.221 e. The first-order valence-electron chi connectivity index (χ1n) is 8.41. The topological polar surface area (TPSA) is 90.7 Å². The van der Waals surface area contributed by atoms with Crippen molar-refractivity contribution < 1.29 is 18.5 Å². The molecule has 1 aromatic rings. The van der Waals surface area contributed by atoms with Crippen molar-refractivity contribution in [2.75, 3.05) is 25.5 Å². The molecule has 6 nitrogen and oxygen atoms in total. The first-order chi connectivity index (χ1) is 11.6. The summed E-state index contributed by atoms with van der Waals surface area (Å²) in [7, 11) is -1.25. The van der Waals surface area contributed by atoms with E-state index in [4.69, 9.17) is 15.2 Å². The fraction of sp³-hybridized carbons (Fsp3) is 0.588. The van der Waals surface area contributed by atoms with Gasteiger partial charge in [-0.25, -0.2) is 0 Å². The summed E-state index contributed by atoms with van der Waals surface area (Å²) in [5, 5.41) is 2.92. The van der Waals surface area contributed by atoms with Crippen LogP contribution in [0.4, 0.5) is 0 Å². The number of hydrogen-bond acceptors (Lipinski definition) is 5. The van der Waals surface area contributed by atoms with Crippen LogP contribution in [0.5, 0.6) is 11.5 Å². The number of halogens is 1. The Morgan fingerprint density at radius 3 is 2.72 bits per heavy atom. The molecule has 1 heterocycles. The van der Waals surface area contributed by atoms with Crippen LogP contribution in [-0.2, 0) is 15.6 Å². The third-order valence-corrected chi connectivity index (χ3v) is 5.20. The highest BCUT2D eigenvalue weighted by atomic mass is 35.5. The van der Waals surface area contributed by atoms with E-state index in [9.17, 15) is 9.00 Å². The van der Waals surface area contributed by atoms with Gasteiger partial charge in [0.05, 0.1) is 10.8 Å². The number of ether oxygens (including phenoxy) is 2. The zero-order valence-electron chi connectivity index (χ0n) is 14.5. The van der Waals surface area contributed by atoms with Gasteiger partial charge >= 0.3 is 0 Å². The molecule has 3 N–H and O–H groups in total. The van der Waals surface area contributed by atoms with Crippen LogP contribution >= 0.6 is 12.4 Å². The van der Waals surface area contributed by atoms with Crippen LogP contribution in [0.15, 0.2) is 23.1 Å². The van der Waals surface area contributed by atoms with Gasteiger partial charge in [-0.15, -0.1) is 12.4 Å². The standard InChI is InChI=1S/C17H26N2O4S.ClH/c1-2-3-4-13(12-18)19-17(20)7-10-24(21)14-5-6-15-16(11-14)23-9-8-22-15;/h5-6,11,13H,2-4,7-10,12,18H2,1H3,(H,19,20);1H. The van der Waals surface area contributed by atoms with Gasteiger partial charge in [-0.2, -0.15) is 0 Å². The first kappa shape index (κ1) is 21.7. The number of unbranched alkanes of at least 4 members (excludes halogenated alkanes) is 1. The maximum atomic E-state index is 12.4. The van der Waals surface area contributed by atoms with Gasteiger partial charge in [0.2, 0.25) is 5.91 Å². The molecule has 1 aliphatic rings. The fourth-order valence-corrected chi connectivity index (χ4v) is 3.53.